The second-order valence-electron chi connectivity index (χ2n) is 5.42. The Balaban J connectivity index is 1.83. The third-order valence-electron chi connectivity index (χ3n) is 3.72. The molecule has 1 heterocycles. The van der Waals surface area contributed by atoms with Gasteiger partial charge in [0.05, 0.1) is 6.61 Å². The normalized spacial score (nSPS) is 15.5. The van der Waals surface area contributed by atoms with Crippen molar-refractivity contribution in [2.45, 2.75) is 33.1 Å². The molecule has 1 N–H and O–H groups in total. The first-order chi connectivity index (χ1) is 10.7. The summed E-state index contributed by atoms with van der Waals surface area (Å²) >= 11 is 0. The van der Waals surface area contributed by atoms with Crippen molar-refractivity contribution in [3.05, 3.63) is 29.8 Å². The molecular weight excluding hydrogens is 278 g/mol. The number of benzene rings is 1. The van der Waals surface area contributed by atoms with Crippen LogP contribution in [0.25, 0.3) is 0 Å². The Kier molecular flexibility index (Phi) is 6.40. The molecule has 5 nitrogen and oxygen atoms in total. The summed E-state index contributed by atoms with van der Waals surface area (Å²) in [5, 5.41) is 4.27. The van der Waals surface area contributed by atoms with Crippen molar-refractivity contribution in [2.75, 3.05) is 26.2 Å². The number of hydrazone groups is 1. The van der Waals surface area contributed by atoms with Gasteiger partial charge in [-0.15, -0.1) is 0 Å². The van der Waals surface area contributed by atoms with Crippen molar-refractivity contribution in [1.82, 2.24) is 10.3 Å². The molecule has 0 spiro atoms. The Bertz CT molecular complexity index is 501. The van der Waals surface area contributed by atoms with Gasteiger partial charge in [0.1, 0.15) is 5.75 Å². The van der Waals surface area contributed by atoms with Gasteiger partial charge in [-0.25, -0.2) is 5.43 Å². The maximum absolute atomic E-state index is 12.1. The molecule has 5 heteroatoms. The Hall–Kier alpha value is -1.88. The Morgan fingerprint density at radius 2 is 1.91 bits per heavy atom. The summed E-state index contributed by atoms with van der Waals surface area (Å²) in [5.41, 5.74) is 4.33. The fourth-order valence-electron chi connectivity index (χ4n) is 2.53. The maximum Gasteiger partial charge on any atom is 0.271 e. The average Bonchev–Trinajstić information content (AvgIpc) is 2.55. The number of piperidine rings is 1. The molecule has 0 radical (unpaired) electrons. The van der Waals surface area contributed by atoms with Crippen LogP contribution >= 0.6 is 0 Å². The molecule has 0 aliphatic carbocycles. The van der Waals surface area contributed by atoms with Gasteiger partial charge in [0, 0.05) is 37.2 Å². The minimum atomic E-state index is -0.175. The minimum Gasteiger partial charge on any atom is -0.494 e. The summed E-state index contributed by atoms with van der Waals surface area (Å²) in [4.78, 5) is 14.5. The van der Waals surface area contributed by atoms with Crippen LogP contribution in [0.5, 0.6) is 5.75 Å². The van der Waals surface area contributed by atoms with Crippen LogP contribution in [0, 0.1) is 0 Å². The molecule has 0 unspecified atom stereocenters. The second kappa shape index (κ2) is 8.54. The van der Waals surface area contributed by atoms with Crippen LogP contribution in [0.15, 0.2) is 29.4 Å². The number of nitrogens with zero attached hydrogens (tertiary/aromatic N) is 2. The number of ether oxygens (including phenoxy) is 1. The van der Waals surface area contributed by atoms with Crippen LogP contribution in [0.1, 0.15) is 43.5 Å². The first-order valence-corrected chi connectivity index (χ1v) is 8.04. The molecule has 0 saturated carbocycles. The lowest BCUT2D eigenvalue weighted by Gasteiger charge is -2.26. The molecule has 1 fully saturated rings. The van der Waals surface area contributed by atoms with E-state index in [4.69, 9.17) is 4.74 Å². The van der Waals surface area contributed by atoms with Crippen molar-refractivity contribution in [3.63, 3.8) is 0 Å². The van der Waals surface area contributed by atoms with E-state index in [1.165, 1.54) is 6.42 Å². The molecule has 22 heavy (non-hydrogen) atoms. The highest BCUT2D eigenvalue weighted by Gasteiger charge is 2.14. The largest absolute Gasteiger partial charge is 0.494 e. The van der Waals surface area contributed by atoms with Gasteiger partial charge in [-0.05, 0) is 44.2 Å². The first-order valence-electron chi connectivity index (χ1n) is 8.04. The van der Waals surface area contributed by atoms with Gasteiger partial charge in [-0.2, -0.15) is 5.10 Å². The SMILES string of the molecule is CCCN1CCC(=NNC(=O)c2ccc(OCC)cc2)CC1. The number of likely N-dealkylation sites (tertiary alicyclic amines) is 1. The number of rotatable bonds is 6. The third kappa shape index (κ3) is 4.84. The summed E-state index contributed by atoms with van der Waals surface area (Å²) in [7, 11) is 0. The van der Waals surface area contributed by atoms with E-state index < -0.39 is 0 Å². The highest BCUT2D eigenvalue weighted by molar-refractivity contribution is 5.95. The monoisotopic (exact) mass is 303 g/mol. The fraction of sp³-hybridized carbons (Fsp3) is 0.529. The topological polar surface area (TPSA) is 53.9 Å². The smallest absolute Gasteiger partial charge is 0.271 e. The van der Waals surface area contributed by atoms with E-state index in [-0.39, 0.29) is 5.91 Å². The summed E-state index contributed by atoms with van der Waals surface area (Å²) in [6, 6.07) is 7.11. The van der Waals surface area contributed by atoms with Crippen molar-refractivity contribution in [3.8, 4) is 5.75 Å². The van der Waals surface area contributed by atoms with Gasteiger partial charge in [-0.1, -0.05) is 6.92 Å². The Labute approximate surface area is 132 Å². The Morgan fingerprint density at radius 3 is 2.50 bits per heavy atom. The maximum atomic E-state index is 12.1. The number of carbonyl (C=O) groups excluding carboxylic acids is 1. The summed E-state index contributed by atoms with van der Waals surface area (Å²) in [5.74, 6) is 0.597. The quantitative estimate of drug-likeness (QED) is 0.822. The van der Waals surface area contributed by atoms with Gasteiger partial charge in [0.25, 0.3) is 5.91 Å². The predicted molar refractivity (Wildman–Crippen MR) is 88.5 cm³/mol. The summed E-state index contributed by atoms with van der Waals surface area (Å²) < 4.78 is 5.36. The summed E-state index contributed by atoms with van der Waals surface area (Å²) in [6.07, 6.45) is 3.05. The highest BCUT2D eigenvalue weighted by atomic mass is 16.5. The summed E-state index contributed by atoms with van der Waals surface area (Å²) in [6.45, 7) is 7.96. The minimum absolute atomic E-state index is 0.175. The molecular formula is C17H25N3O2. The molecule has 0 aromatic heterocycles. The molecule has 1 aromatic carbocycles. The first kappa shape index (κ1) is 16.5. The molecule has 1 aromatic rings. The molecule has 1 amide bonds. The molecule has 1 aliphatic rings. The van der Waals surface area contributed by atoms with Gasteiger partial charge >= 0.3 is 0 Å². The van der Waals surface area contributed by atoms with Crippen LogP contribution in [0.2, 0.25) is 0 Å². The van der Waals surface area contributed by atoms with Gasteiger partial charge in [0.15, 0.2) is 0 Å². The van der Waals surface area contributed by atoms with E-state index in [1.54, 1.807) is 24.3 Å². The highest BCUT2D eigenvalue weighted by Crippen LogP contribution is 2.12. The number of hydrogen-bond acceptors (Lipinski definition) is 4. The van der Waals surface area contributed by atoms with Crippen LogP contribution in [0.3, 0.4) is 0 Å². The van der Waals surface area contributed by atoms with Crippen LogP contribution in [0.4, 0.5) is 0 Å². The van der Waals surface area contributed by atoms with E-state index >= 15 is 0 Å². The van der Waals surface area contributed by atoms with Crippen molar-refractivity contribution < 1.29 is 9.53 Å². The Morgan fingerprint density at radius 1 is 1.23 bits per heavy atom. The molecule has 0 bridgehead atoms. The lowest BCUT2D eigenvalue weighted by Crippen LogP contribution is -2.35. The fourth-order valence-corrected chi connectivity index (χ4v) is 2.53. The third-order valence-corrected chi connectivity index (χ3v) is 3.72. The van der Waals surface area contributed by atoms with Crippen LogP contribution in [-0.4, -0.2) is 42.8 Å². The van der Waals surface area contributed by atoms with Crippen LogP contribution in [-0.2, 0) is 0 Å². The number of carbonyl (C=O) groups is 1. The number of nitrogens with one attached hydrogen (secondary N) is 1. The van der Waals surface area contributed by atoms with Gasteiger partial charge in [0.2, 0.25) is 0 Å². The standard InChI is InChI=1S/C17H25N3O2/c1-3-11-20-12-9-15(10-13-20)18-19-17(21)14-5-7-16(8-6-14)22-4-2/h5-8H,3-4,9-13H2,1-2H3,(H,19,21). The lowest BCUT2D eigenvalue weighted by atomic mass is 10.1. The van der Waals surface area contributed by atoms with E-state index in [0.717, 1.165) is 43.9 Å². The zero-order valence-corrected chi connectivity index (χ0v) is 13.5. The molecule has 120 valence electrons. The average molecular weight is 303 g/mol. The molecule has 1 aliphatic heterocycles. The zero-order chi connectivity index (χ0) is 15.8. The lowest BCUT2D eigenvalue weighted by molar-refractivity contribution is 0.0954. The van der Waals surface area contributed by atoms with E-state index in [1.807, 2.05) is 6.92 Å². The van der Waals surface area contributed by atoms with E-state index in [9.17, 15) is 4.79 Å². The van der Waals surface area contributed by atoms with Crippen molar-refractivity contribution >= 4 is 11.6 Å². The second-order valence-corrected chi connectivity index (χ2v) is 5.42. The van der Waals surface area contributed by atoms with Gasteiger partial charge in [-0.3, -0.25) is 4.79 Å². The van der Waals surface area contributed by atoms with E-state index in [2.05, 4.69) is 22.4 Å². The van der Waals surface area contributed by atoms with E-state index in [0.29, 0.717) is 12.2 Å². The number of hydrogen-bond donors (Lipinski definition) is 1. The molecule has 1 saturated heterocycles. The van der Waals surface area contributed by atoms with Crippen LogP contribution < -0.4 is 10.2 Å². The zero-order valence-electron chi connectivity index (χ0n) is 13.5. The molecule has 0 atom stereocenters. The van der Waals surface area contributed by atoms with Crippen molar-refractivity contribution in [1.29, 1.82) is 0 Å². The number of amides is 1. The molecule has 2 rings (SSSR count). The van der Waals surface area contributed by atoms with Crippen molar-refractivity contribution in [2.24, 2.45) is 5.10 Å². The predicted octanol–water partition coefficient (Wildman–Crippen LogP) is 2.68. The van der Waals surface area contributed by atoms with Gasteiger partial charge < -0.3 is 9.64 Å².